The number of nitrogens with one attached hydrogen (secondary N) is 1. The average molecular weight is 267 g/mol. The van der Waals surface area contributed by atoms with E-state index in [0.29, 0.717) is 0 Å². The molecule has 0 atom stereocenters. The van der Waals surface area contributed by atoms with E-state index in [1.165, 1.54) is 24.5 Å². The van der Waals surface area contributed by atoms with Gasteiger partial charge in [-0.3, -0.25) is 5.41 Å². The first kappa shape index (κ1) is 12.3. The minimum Gasteiger partial charge on any atom is -0.436 e. The third-order valence-corrected chi connectivity index (χ3v) is 2.31. The predicted molar refractivity (Wildman–Crippen MR) is 64.5 cm³/mol. The van der Waals surface area contributed by atoms with Crippen LogP contribution >= 0.6 is 11.6 Å². The summed E-state index contributed by atoms with van der Waals surface area (Å²) in [4.78, 5) is 7.77. The van der Waals surface area contributed by atoms with Gasteiger partial charge < -0.3 is 10.5 Å². The Bertz CT molecular complexity index is 588. The van der Waals surface area contributed by atoms with Gasteiger partial charge >= 0.3 is 0 Å². The van der Waals surface area contributed by atoms with Crippen LogP contribution in [0.2, 0.25) is 5.02 Å². The molecule has 0 radical (unpaired) electrons. The third-order valence-electron chi connectivity index (χ3n) is 2.01. The topological polar surface area (TPSA) is 84.9 Å². The van der Waals surface area contributed by atoms with Crippen LogP contribution in [0.15, 0.2) is 30.6 Å². The number of nitrogens with zero attached hydrogens (tertiary/aromatic N) is 2. The molecular weight excluding hydrogens is 259 g/mol. The maximum atomic E-state index is 12.8. The molecule has 92 valence electrons. The summed E-state index contributed by atoms with van der Waals surface area (Å²) in [5.41, 5.74) is 5.48. The quantitative estimate of drug-likeness (QED) is 0.660. The maximum absolute atomic E-state index is 12.8. The standard InChI is InChI=1S/C11H8ClFN4O/c12-7-3-6(13)1-2-9(7)18-10-5-16-8(4-17-10)11(14)15/h1-5H,(H3,14,15). The van der Waals surface area contributed by atoms with Gasteiger partial charge in [-0.1, -0.05) is 11.6 Å². The highest BCUT2D eigenvalue weighted by Crippen LogP contribution is 2.28. The lowest BCUT2D eigenvalue weighted by Crippen LogP contribution is -2.13. The van der Waals surface area contributed by atoms with Crippen molar-refractivity contribution in [2.45, 2.75) is 0 Å². The Hall–Kier alpha value is -2.21. The van der Waals surface area contributed by atoms with Crippen LogP contribution in [0, 0.1) is 11.2 Å². The van der Waals surface area contributed by atoms with E-state index in [9.17, 15) is 4.39 Å². The van der Waals surface area contributed by atoms with Gasteiger partial charge in [0.05, 0.1) is 17.4 Å². The molecule has 1 aromatic carbocycles. The Morgan fingerprint density at radius 3 is 2.67 bits per heavy atom. The lowest BCUT2D eigenvalue weighted by atomic mass is 10.3. The smallest absolute Gasteiger partial charge is 0.237 e. The molecule has 0 amide bonds. The fourth-order valence-electron chi connectivity index (χ4n) is 1.18. The zero-order valence-electron chi connectivity index (χ0n) is 9.02. The molecule has 3 N–H and O–H groups in total. The van der Waals surface area contributed by atoms with E-state index < -0.39 is 5.82 Å². The van der Waals surface area contributed by atoms with E-state index >= 15 is 0 Å². The Labute approximate surface area is 107 Å². The van der Waals surface area contributed by atoms with Gasteiger partial charge in [-0.05, 0) is 18.2 Å². The van der Waals surface area contributed by atoms with Crippen LogP contribution in [0.1, 0.15) is 5.69 Å². The van der Waals surface area contributed by atoms with Crippen molar-refractivity contribution in [2.75, 3.05) is 0 Å². The van der Waals surface area contributed by atoms with Gasteiger partial charge in [-0.25, -0.2) is 14.4 Å². The van der Waals surface area contributed by atoms with Gasteiger partial charge in [0.1, 0.15) is 23.1 Å². The third kappa shape index (κ3) is 2.72. The first-order valence-corrected chi connectivity index (χ1v) is 5.23. The van der Waals surface area contributed by atoms with Gasteiger partial charge in [-0.2, -0.15) is 0 Å². The van der Waals surface area contributed by atoms with E-state index in [1.54, 1.807) is 0 Å². The van der Waals surface area contributed by atoms with Gasteiger partial charge in [-0.15, -0.1) is 0 Å². The Kier molecular flexibility index (Phi) is 3.38. The summed E-state index contributed by atoms with van der Waals surface area (Å²) in [5.74, 6) is -0.198. The number of hydrogen-bond acceptors (Lipinski definition) is 4. The zero-order chi connectivity index (χ0) is 13.1. The van der Waals surface area contributed by atoms with E-state index in [1.807, 2.05) is 0 Å². The van der Waals surface area contributed by atoms with Gasteiger partial charge in [0.2, 0.25) is 5.88 Å². The second-order valence-electron chi connectivity index (χ2n) is 3.33. The number of benzene rings is 1. The maximum Gasteiger partial charge on any atom is 0.237 e. The molecule has 0 fully saturated rings. The first-order chi connectivity index (χ1) is 8.56. The van der Waals surface area contributed by atoms with Crippen LogP contribution in [-0.2, 0) is 0 Å². The number of hydrogen-bond donors (Lipinski definition) is 2. The molecule has 0 aliphatic heterocycles. The van der Waals surface area contributed by atoms with E-state index in [-0.39, 0.29) is 28.2 Å². The summed E-state index contributed by atoms with van der Waals surface area (Å²) >= 11 is 5.79. The zero-order valence-corrected chi connectivity index (χ0v) is 9.78. The molecule has 2 rings (SSSR count). The minimum absolute atomic E-state index is 0.132. The van der Waals surface area contributed by atoms with Crippen molar-refractivity contribution in [3.05, 3.63) is 47.1 Å². The number of nitrogens with two attached hydrogens (primary N) is 1. The number of nitrogen functional groups attached to an aromatic ring is 1. The van der Waals surface area contributed by atoms with Crippen LogP contribution in [0.4, 0.5) is 4.39 Å². The average Bonchev–Trinajstić information content (AvgIpc) is 2.33. The van der Waals surface area contributed by atoms with Crippen molar-refractivity contribution in [3.63, 3.8) is 0 Å². The number of rotatable bonds is 3. The SMILES string of the molecule is N=C(N)c1cnc(Oc2ccc(F)cc2Cl)cn1. The summed E-state index contributed by atoms with van der Waals surface area (Å²) in [6.07, 6.45) is 2.60. The van der Waals surface area contributed by atoms with Gasteiger partial charge in [0, 0.05) is 0 Å². The lowest BCUT2D eigenvalue weighted by Gasteiger charge is -2.06. The van der Waals surface area contributed by atoms with E-state index in [2.05, 4.69) is 9.97 Å². The molecule has 0 bridgehead atoms. The van der Waals surface area contributed by atoms with Crippen molar-refractivity contribution < 1.29 is 9.13 Å². The normalized spacial score (nSPS) is 10.1. The van der Waals surface area contributed by atoms with Crippen LogP contribution < -0.4 is 10.5 Å². The molecule has 1 aromatic heterocycles. The van der Waals surface area contributed by atoms with Crippen molar-refractivity contribution in [1.82, 2.24) is 9.97 Å². The van der Waals surface area contributed by atoms with Crippen LogP contribution in [0.3, 0.4) is 0 Å². The lowest BCUT2D eigenvalue weighted by molar-refractivity contribution is 0.458. The van der Waals surface area contributed by atoms with Crippen molar-refractivity contribution in [3.8, 4) is 11.6 Å². The summed E-state index contributed by atoms with van der Waals surface area (Å²) in [6.45, 7) is 0. The second kappa shape index (κ2) is 4.97. The molecule has 0 spiro atoms. The van der Waals surface area contributed by atoms with Gasteiger partial charge in [0.25, 0.3) is 0 Å². The highest BCUT2D eigenvalue weighted by atomic mass is 35.5. The summed E-state index contributed by atoms with van der Waals surface area (Å²) in [7, 11) is 0. The van der Waals surface area contributed by atoms with Crippen LogP contribution in [0.5, 0.6) is 11.6 Å². The number of halogens is 2. The Morgan fingerprint density at radius 2 is 2.11 bits per heavy atom. The molecule has 5 nitrogen and oxygen atoms in total. The predicted octanol–water partition coefficient (Wildman–Crippen LogP) is 2.35. The molecule has 1 heterocycles. The van der Waals surface area contributed by atoms with Crippen LogP contribution in [0.25, 0.3) is 0 Å². The van der Waals surface area contributed by atoms with E-state index in [0.717, 1.165) is 6.07 Å². The van der Waals surface area contributed by atoms with Crippen molar-refractivity contribution >= 4 is 17.4 Å². The fraction of sp³-hybridized carbons (Fsp3) is 0. The highest BCUT2D eigenvalue weighted by molar-refractivity contribution is 6.32. The molecule has 2 aromatic rings. The van der Waals surface area contributed by atoms with Crippen molar-refractivity contribution in [2.24, 2.45) is 5.73 Å². The minimum atomic E-state index is -0.453. The second-order valence-corrected chi connectivity index (χ2v) is 3.74. The number of ether oxygens (including phenoxy) is 1. The van der Waals surface area contributed by atoms with E-state index in [4.69, 9.17) is 27.5 Å². The number of aromatic nitrogens is 2. The molecule has 0 aliphatic carbocycles. The molecule has 18 heavy (non-hydrogen) atoms. The summed E-state index contributed by atoms with van der Waals surface area (Å²) in [5, 5.41) is 7.29. The van der Waals surface area contributed by atoms with Crippen LogP contribution in [-0.4, -0.2) is 15.8 Å². The monoisotopic (exact) mass is 266 g/mol. The summed E-state index contributed by atoms with van der Waals surface area (Å²) < 4.78 is 18.1. The molecule has 0 unspecified atom stereocenters. The molecular formula is C11H8ClFN4O. The molecule has 7 heteroatoms. The first-order valence-electron chi connectivity index (χ1n) is 4.85. The molecule has 0 saturated heterocycles. The fourth-order valence-corrected chi connectivity index (χ4v) is 1.38. The molecule has 0 saturated carbocycles. The largest absolute Gasteiger partial charge is 0.436 e. The Balaban J connectivity index is 2.21. The molecule has 0 aliphatic rings. The summed E-state index contributed by atoms with van der Waals surface area (Å²) in [6, 6.07) is 3.74. The highest BCUT2D eigenvalue weighted by Gasteiger charge is 2.06. The Morgan fingerprint density at radius 1 is 1.33 bits per heavy atom. The van der Waals surface area contributed by atoms with Gasteiger partial charge in [0.15, 0.2) is 0 Å². The number of amidine groups is 1. The van der Waals surface area contributed by atoms with Crippen molar-refractivity contribution in [1.29, 1.82) is 5.41 Å².